The maximum absolute atomic E-state index is 9.58. The molecular formula is C11H11NO2. The van der Waals surface area contributed by atoms with Crippen molar-refractivity contribution in [3.8, 4) is 11.6 Å². The molecule has 0 radical (unpaired) electrons. The highest BCUT2D eigenvalue weighted by molar-refractivity contribution is 5.91. The summed E-state index contributed by atoms with van der Waals surface area (Å²) < 4.78 is 5.35. The van der Waals surface area contributed by atoms with E-state index in [1.165, 1.54) is 0 Å². The monoisotopic (exact) mass is 189 g/mol. The largest absolute Gasteiger partial charge is 0.507 e. The molecule has 1 N–H and O–H groups in total. The van der Waals surface area contributed by atoms with E-state index in [2.05, 4.69) is 4.98 Å². The van der Waals surface area contributed by atoms with Crippen molar-refractivity contribution in [3.63, 3.8) is 0 Å². The minimum Gasteiger partial charge on any atom is -0.507 e. The topological polar surface area (TPSA) is 42.4 Å². The first-order valence-electron chi connectivity index (χ1n) is 4.52. The molecule has 0 aliphatic heterocycles. The molecule has 14 heavy (non-hydrogen) atoms. The van der Waals surface area contributed by atoms with Gasteiger partial charge in [-0.05, 0) is 25.1 Å². The fraction of sp³-hybridized carbons (Fsp3) is 0.182. The molecule has 0 aliphatic carbocycles. The second kappa shape index (κ2) is 3.54. The summed E-state index contributed by atoms with van der Waals surface area (Å²) >= 11 is 0. The Bertz CT molecular complexity index is 454. The van der Waals surface area contributed by atoms with Crippen molar-refractivity contribution in [1.82, 2.24) is 4.98 Å². The Morgan fingerprint density at radius 3 is 2.93 bits per heavy atom. The maximum Gasteiger partial charge on any atom is 0.221 e. The average Bonchev–Trinajstić information content (AvgIpc) is 2.20. The van der Waals surface area contributed by atoms with E-state index in [0.29, 0.717) is 12.5 Å². The molecule has 0 spiro atoms. The van der Waals surface area contributed by atoms with E-state index in [4.69, 9.17) is 4.74 Å². The SMILES string of the molecule is CCOc1nccc2c(O)cccc12. The lowest BCUT2D eigenvalue weighted by atomic mass is 10.1. The predicted molar refractivity (Wildman–Crippen MR) is 54.6 cm³/mol. The van der Waals surface area contributed by atoms with Crippen LogP contribution in [0.25, 0.3) is 10.8 Å². The third-order valence-electron chi connectivity index (χ3n) is 2.03. The van der Waals surface area contributed by atoms with Crippen LogP contribution in [0.5, 0.6) is 11.6 Å². The van der Waals surface area contributed by atoms with Gasteiger partial charge in [0.25, 0.3) is 0 Å². The number of ether oxygens (including phenoxy) is 1. The molecule has 0 amide bonds. The van der Waals surface area contributed by atoms with Crippen LogP contribution in [0, 0.1) is 0 Å². The molecule has 2 aromatic rings. The first-order valence-corrected chi connectivity index (χ1v) is 4.52. The number of fused-ring (bicyclic) bond motifs is 1. The maximum atomic E-state index is 9.58. The average molecular weight is 189 g/mol. The van der Waals surface area contributed by atoms with Gasteiger partial charge < -0.3 is 9.84 Å². The van der Waals surface area contributed by atoms with Crippen LogP contribution in [0.3, 0.4) is 0 Å². The lowest BCUT2D eigenvalue weighted by Gasteiger charge is -2.06. The molecule has 1 heterocycles. The van der Waals surface area contributed by atoms with Gasteiger partial charge in [-0.2, -0.15) is 0 Å². The van der Waals surface area contributed by atoms with Gasteiger partial charge in [0.1, 0.15) is 5.75 Å². The van der Waals surface area contributed by atoms with Gasteiger partial charge in [0.05, 0.1) is 6.61 Å². The molecule has 72 valence electrons. The Morgan fingerprint density at radius 2 is 2.14 bits per heavy atom. The quantitative estimate of drug-likeness (QED) is 0.788. The van der Waals surface area contributed by atoms with E-state index >= 15 is 0 Å². The van der Waals surface area contributed by atoms with Crippen LogP contribution in [-0.4, -0.2) is 16.7 Å². The van der Waals surface area contributed by atoms with E-state index in [-0.39, 0.29) is 5.75 Å². The number of phenolic OH excluding ortho intramolecular Hbond substituents is 1. The van der Waals surface area contributed by atoms with E-state index in [1.807, 2.05) is 13.0 Å². The third kappa shape index (κ3) is 1.37. The number of hydrogen-bond donors (Lipinski definition) is 1. The molecular weight excluding hydrogens is 178 g/mol. The van der Waals surface area contributed by atoms with Crippen LogP contribution in [0.15, 0.2) is 30.5 Å². The van der Waals surface area contributed by atoms with Crippen LogP contribution < -0.4 is 4.74 Å². The summed E-state index contributed by atoms with van der Waals surface area (Å²) in [5.41, 5.74) is 0. The van der Waals surface area contributed by atoms with Crippen molar-refractivity contribution in [2.24, 2.45) is 0 Å². The summed E-state index contributed by atoms with van der Waals surface area (Å²) in [4.78, 5) is 4.10. The Hall–Kier alpha value is -1.77. The van der Waals surface area contributed by atoms with Crippen molar-refractivity contribution < 1.29 is 9.84 Å². The molecule has 3 heteroatoms. The lowest BCUT2D eigenvalue weighted by Crippen LogP contribution is -1.94. The van der Waals surface area contributed by atoms with Crippen LogP contribution in [0.1, 0.15) is 6.92 Å². The van der Waals surface area contributed by atoms with Crippen molar-refractivity contribution in [2.45, 2.75) is 6.92 Å². The van der Waals surface area contributed by atoms with Gasteiger partial charge in [-0.15, -0.1) is 0 Å². The normalized spacial score (nSPS) is 10.4. The highest BCUT2D eigenvalue weighted by Gasteiger charge is 2.04. The van der Waals surface area contributed by atoms with Crippen LogP contribution in [-0.2, 0) is 0 Å². The zero-order valence-corrected chi connectivity index (χ0v) is 7.90. The highest BCUT2D eigenvalue weighted by Crippen LogP contribution is 2.29. The molecule has 0 unspecified atom stereocenters. The molecule has 0 bridgehead atoms. The molecule has 1 aromatic heterocycles. The van der Waals surface area contributed by atoms with Gasteiger partial charge in [-0.1, -0.05) is 6.07 Å². The van der Waals surface area contributed by atoms with Crippen LogP contribution in [0.2, 0.25) is 0 Å². The zero-order chi connectivity index (χ0) is 9.97. The van der Waals surface area contributed by atoms with Gasteiger partial charge in [0, 0.05) is 17.0 Å². The third-order valence-corrected chi connectivity index (χ3v) is 2.03. The van der Waals surface area contributed by atoms with Crippen molar-refractivity contribution in [3.05, 3.63) is 30.5 Å². The van der Waals surface area contributed by atoms with Gasteiger partial charge in [-0.3, -0.25) is 0 Å². The summed E-state index contributed by atoms with van der Waals surface area (Å²) in [5, 5.41) is 11.2. The zero-order valence-electron chi connectivity index (χ0n) is 7.90. The molecule has 1 aromatic carbocycles. The van der Waals surface area contributed by atoms with Crippen molar-refractivity contribution >= 4 is 10.8 Å². The molecule has 3 nitrogen and oxygen atoms in total. The van der Waals surface area contributed by atoms with E-state index in [0.717, 1.165) is 10.8 Å². The number of pyridine rings is 1. The van der Waals surface area contributed by atoms with E-state index < -0.39 is 0 Å². The Kier molecular flexibility index (Phi) is 2.23. The van der Waals surface area contributed by atoms with Gasteiger partial charge in [0.15, 0.2) is 0 Å². The standard InChI is InChI=1S/C11H11NO2/c1-2-14-11-9-4-3-5-10(13)8(9)6-7-12-11/h3-7,13H,2H2,1H3. The smallest absolute Gasteiger partial charge is 0.221 e. The van der Waals surface area contributed by atoms with Gasteiger partial charge in [0.2, 0.25) is 5.88 Å². The predicted octanol–water partition coefficient (Wildman–Crippen LogP) is 2.34. The number of nitrogens with zero attached hydrogens (tertiary/aromatic N) is 1. The molecule has 0 saturated heterocycles. The number of aromatic hydroxyl groups is 1. The van der Waals surface area contributed by atoms with Crippen molar-refractivity contribution in [2.75, 3.05) is 6.61 Å². The molecule has 0 atom stereocenters. The first-order chi connectivity index (χ1) is 6.83. The number of aromatic nitrogens is 1. The molecule has 2 rings (SSSR count). The summed E-state index contributed by atoms with van der Waals surface area (Å²) in [5.74, 6) is 0.826. The molecule has 0 aliphatic rings. The lowest BCUT2D eigenvalue weighted by molar-refractivity contribution is 0.331. The van der Waals surface area contributed by atoms with Gasteiger partial charge in [-0.25, -0.2) is 4.98 Å². The van der Waals surface area contributed by atoms with Gasteiger partial charge >= 0.3 is 0 Å². The Labute approximate surface area is 82.0 Å². The minimum absolute atomic E-state index is 0.255. The van der Waals surface area contributed by atoms with Crippen LogP contribution in [0.4, 0.5) is 0 Å². The summed E-state index contributed by atoms with van der Waals surface area (Å²) in [6.45, 7) is 2.48. The number of phenols is 1. The molecule has 0 fully saturated rings. The number of benzene rings is 1. The fourth-order valence-electron chi connectivity index (χ4n) is 1.42. The highest BCUT2D eigenvalue weighted by atomic mass is 16.5. The second-order valence-corrected chi connectivity index (χ2v) is 2.92. The Morgan fingerprint density at radius 1 is 1.29 bits per heavy atom. The molecule has 0 saturated carbocycles. The van der Waals surface area contributed by atoms with E-state index in [9.17, 15) is 5.11 Å². The number of hydrogen-bond acceptors (Lipinski definition) is 3. The summed E-state index contributed by atoms with van der Waals surface area (Å²) in [6, 6.07) is 7.08. The first kappa shape index (κ1) is 8.81. The number of rotatable bonds is 2. The van der Waals surface area contributed by atoms with E-state index in [1.54, 1.807) is 24.4 Å². The minimum atomic E-state index is 0.255. The van der Waals surface area contributed by atoms with Crippen LogP contribution >= 0.6 is 0 Å². The fourth-order valence-corrected chi connectivity index (χ4v) is 1.42. The van der Waals surface area contributed by atoms with Crippen molar-refractivity contribution in [1.29, 1.82) is 0 Å². The Balaban J connectivity index is 2.68. The summed E-state index contributed by atoms with van der Waals surface area (Å²) in [6.07, 6.45) is 1.63. The second-order valence-electron chi connectivity index (χ2n) is 2.92. The summed E-state index contributed by atoms with van der Waals surface area (Å²) in [7, 11) is 0.